The first-order valence-corrected chi connectivity index (χ1v) is 7.04. The van der Waals surface area contributed by atoms with Gasteiger partial charge in [-0.3, -0.25) is 4.79 Å². The predicted octanol–water partition coefficient (Wildman–Crippen LogP) is 1.44. The quantitative estimate of drug-likeness (QED) is 0.916. The summed E-state index contributed by atoms with van der Waals surface area (Å²) < 4.78 is 41.5. The Morgan fingerprint density at radius 3 is 2.68 bits per heavy atom. The first-order chi connectivity index (χ1) is 10.3. The van der Waals surface area contributed by atoms with Gasteiger partial charge in [-0.1, -0.05) is 0 Å². The number of rotatable bonds is 3. The highest BCUT2D eigenvalue weighted by molar-refractivity contribution is 5.95. The van der Waals surface area contributed by atoms with Crippen LogP contribution in [0, 0.1) is 11.8 Å². The van der Waals surface area contributed by atoms with Crippen LogP contribution >= 0.6 is 0 Å². The Morgan fingerprint density at radius 2 is 2.09 bits per heavy atom. The van der Waals surface area contributed by atoms with Gasteiger partial charge in [0.1, 0.15) is 0 Å². The van der Waals surface area contributed by atoms with Gasteiger partial charge in [0.05, 0.1) is 0 Å². The van der Waals surface area contributed by atoms with Crippen molar-refractivity contribution in [3.63, 3.8) is 0 Å². The molecule has 2 unspecified atom stereocenters. The van der Waals surface area contributed by atoms with Gasteiger partial charge < -0.3 is 15.4 Å². The van der Waals surface area contributed by atoms with Crippen LogP contribution in [0.4, 0.5) is 13.2 Å². The van der Waals surface area contributed by atoms with Gasteiger partial charge in [0.15, 0.2) is 18.1 Å². The zero-order valence-corrected chi connectivity index (χ0v) is 11.7. The van der Waals surface area contributed by atoms with Crippen LogP contribution < -0.4 is 10.5 Å². The minimum atomic E-state index is -4.46. The van der Waals surface area contributed by atoms with Crippen molar-refractivity contribution in [2.24, 2.45) is 17.6 Å². The highest BCUT2D eigenvalue weighted by Crippen LogP contribution is 2.39. The molecule has 120 valence electrons. The number of nitrogens with two attached hydrogens (primary N) is 1. The van der Waals surface area contributed by atoms with E-state index >= 15 is 0 Å². The van der Waals surface area contributed by atoms with Gasteiger partial charge in [-0.05, 0) is 30.4 Å². The summed E-state index contributed by atoms with van der Waals surface area (Å²) in [6.45, 7) is -0.410. The van der Waals surface area contributed by atoms with Crippen molar-refractivity contribution in [1.29, 1.82) is 0 Å². The molecule has 2 aliphatic heterocycles. The van der Waals surface area contributed by atoms with Crippen molar-refractivity contribution in [3.05, 3.63) is 24.0 Å². The van der Waals surface area contributed by atoms with Crippen LogP contribution in [0.5, 0.6) is 5.75 Å². The lowest BCUT2D eigenvalue weighted by atomic mass is 9.67. The van der Waals surface area contributed by atoms with Crippen molar-refractivity contribution in [3.8, 4) is 5.75 Å². The van der Waals surface area contributed by atoms with E-state index in [0.717, 1.165) is 6.42 Å². The van der Waals surface area contributed by atoms with E-state index in [1.807, 2.05) is 0 Å². The Bertz CT molecular complexity index is 567. The van der Waals surface area contributed by atoms with E-state index in [2.05, 4.69) is 4.98 Å². The Balaban J connectivity index is 1.73. The van der Waals surface area contributed by atoms with Gasteiger partial charge in [0, 0.05) is 25.3 Å². The van der Waals surface area contributed by atoms with Crippen LogP contribution in [0.3, 0.4) is 0 Å². The molecule has 0 radical (unpaired) electrons. The second kappa shape index (κ2) is 5.42. The average molecular weight is 315 g/mol. The normalized spacial score (nSPS) is 27.3. The SMILES string of the molecule is NC1C2CC1CN(C(=O)c1ncccc1OCC(F)(F)F)C2. The highest BCUT2D eigenvalue weighted by Gasteiger charge is 2.46. The maximum atomic E-state index is 12.5. The summed E-state index contributed by atoms with van der Waals surface area (Å²) in [6, 6.07) is 2.88. The van der Waals surface area contributed by atoms with Gasteiger partial charge in [0.2, 0.25) is 0 Å². The van der Waals surface area contributed by atoms with Crippen molar-refractivity contribution in [2.75, 3.05) is 19.7 Å². The molecule has 8 heteroatoms. The molecule has 1 amide bonds. The molecular formula is C14H16F3N3O2. The highest BCUT2D eigenvalue weighted by atomic mass is 19.4. The van der Waals surface area contributed by atoms with E-state index in [4.69, 9.17) is 10.5 Å². The van der Waals surface area contributed by atoms with Gasteiger partial charge >= 0.3 is 6.18 Å². The molecule has 2 atom stereocenters. The molecule has 0 aromatic carbocycles. The van der Waals surface area contributed by atoms with Gasteiger partial charge in [-0.25, -0.2) is 4.98 Å². The van der Waals surface area contributed by atoms with Crippen molar-refractivity contribution in [1.82, 2.24) is 9.88 Å². The van der Waals surface area contributed by atoms with E-state index in [-0.39, 0.29) is 29.3 Å². The Hall–Kier alpha value is -1.83. The third-order valence-corrected chi connectivity index (χ3v) is 4.26. The molecule has 3 heterocycles. The van der Waals surface area contributed by atoms with Crippen LogP contribution in [-0.4, -0.2) is 47.7 Å². The summed E-state index contributed by atoms with van der Waals surface area (Å²) in [5.41, 5.74) is 5.87. The fourth-order valence-electron chi connectivity index (χ4n) is 3.07. The second-order valence-electron chi connectivity index (χ2n) is 5.80. The number of alkyl halides is 3. The van der Waals surface area contributed by atoms with Crippen LogP contribution in [-0.2, 0) is 0 Å². The van der Waals surface area contributed by atoms with Crippen molar-refractivity contribution >= 4 is 5.91 Å². The number of carbonyl (C=O) groups excluding carboxylic acids is 1. The van der Waals surface area contributed by atoms with Gasteiger partial charge in [-0.15, -0.1) is 0 Å². The monoisotopic (exact) mass is 315 g/mol. The Labute approximate surface area is 125 Å². The summed E-state index contributed by atoms with van der Waals surface area (Å²) in [4.78, 5) is 18.0. The molecule has 22 heavy (non-hydrogen) atoms. The van der Waals surface area contributed by atoms with Crippen LogP contribution in [0.1, 0.15) is 16.9 Å². The number of hydrogen-bond donors (Lipinski definition) is 1. The standard InChI is InChI=1S/C14H16F3N3O2/c15-14(16,17)7-22-10-2-1-3-19-12(10)13(21)20-5-8-4-9(6-20)11(8)18/h1-3,8-9,11H,4-7,18H2. The molecule has 3 aliphatic rings. The van der Waals surface area contributed by atoms with Gasteiger partial charge in [0.25, 0.3) is 5.91 Å². The van der Waals surface area contributed by atoms with E-state index < -0.39 is 18.7 Å². The fraction of sp³-hybridized carbons (Fsp3) is 0.571. The lowest BCUT2D eigenvalue weighted by Crippen LogP contribution is -2.63. The minimum absolute atomic E-state index is 0.0818. The Morgan fingerprint density at radius 1 is 1.41 bits per heavy atom. The maximum Gasteiger partial charge on any atom is 0.422 e. The summed E-state index contributed by atoms with van der Waals surface area (Å²) in [5.74, 6) is -0.00958. The molecular weight excluding hydrogens is 299 g/mol. The number of fused-ring (bicyclic) bond motifs is 2. The molecule has 1 saturated carbocycles. The van der Waals surface area contributed by atoms with Crippen LogP contribution in [0.25, 0.3) is 0 Å². The number of amides is 1. The fourth-order valence-corrected chi connectivity index (χ4v) is 3.07. The van der Waals surface area contributed by atoms with Crippen molar-refractivity contribution < 1.29 is 22.7 Å². The number of ether oxygens (including phenoxy) is 1. The lowest BCUT2D eigenvalue weighted by Gasteiger charge is -2.51. The lowest BCUT2D eigenvalue weighted by molar-refractivity contribution is -0.153. The molecule has 5 nitrogen and oxygen atoms in total. The third kappa shape index (κ3) is 2.87. The molecule has 2 saturated heterocycles. The van der Waals surface area contributed by atoms with Crippen LogP contribution in [0.2, 0.25) is 0 Å². The third-order valence-electron chi connectivity index (χ3n) is 4.26. The summed E-state index contributed by atoms with van der Waals surface area (Å²) in [7, 11) is 0. The van der Waals surface area contributed by atoms with E-state index in [1.54, 1.807) is 4.90 Å². The van der Waals surface area contributed by atoms with Crippen molar-refractivity contribution in [2.45, 2.75) is 18.6 Å². The minimum Gasteiger partial charge on any atom is -0.482 e. The maximum absolute atomic E-state index is 12.5. The summed E-state index contributed by atoms with van der Waals surface area (Å²) in [6.07, 6.45) is -2.09. The van der Waals surface area contributed by atoms with E-state index in [1.165, 1.54) is 18.3 Å². The first kappa shape index (κ1) is 15.1. The van der Waals surface area contributed by atoms with E-state index in [9.17, 15) is 18.0 Å². The molecule has 4 rings (SSSR count). The van der Waals surface area contributed by atoms with Crippen LogP contribution in [0.15, 0.2) is 18.3 Å². The second-order valence-corrected chi connectivity index (χ2v) is 5.80. The van der Waals surface area contributed by atoms with E-state index in [0.29, 0.717) is 13.1 Å². The predicted molar refractivity (Wildman–Crippen MR) is 71.3 cm³/mol. The molecule has 1 aromatic rings. The average Bonchev–Trinajstić information content (AvgIpc) is 2.51. The number of pyridine rings is 1. The zero-order valence-electron chi connectivity index (χ0n) is 11.7. The molecule has 1 aromatic heterocycles. The zero-order chi connectivity index (χ0) is 15.9. The molecule has 3 fully saturated rings. The number of carbonyl (C=O) groups is 1. The largest absolute Gasteiger partial charge is 0.482 e. The first-order valence-electron chi connectivity index (χ1n) is 7.04. The van der Waals surface area contributed by atoms with Gasteiger partial charge in [-0.2, -0.15) is 13.2 Å². The smallest absolute Gasteiger partial charge is 0.422 e. The molecule has 2 bridgehead atoms. The number of aromatic nitrogens is 1. The topological polar surface area (TPSA) is 68.5 Å². The number of hydrogen-bond acceptors (Lipinski definition) is 4. The Kier molecular flexibility index (Phi) is 3.72. The summed E-state index contributed by atoms with van der Waals surface area (Å²) in [5, 5.41) is 0. The molecule has 2 N–H and O–H groups in total. The molecule has 1 aliphatic carbocycles. The molecule has 0 spiro atoms. The number of halogens is 3. The summed E-state index contributed by atoms with van der Waals surface area (Å²) >= 11 is 0. The number of piperidine rings is 2. The number of nitrogens with zero attached hydrogens (tertiary/aromatic N) is 2.